The molecule has 0 aliphatic carbocycles. The lowest BCUT2D eigenvalue weighted by atomic mass is 9.99. The summed E-state index contributed by atoms with van der Waals surface area (Å²) in [5.74, 6) is -0.544. The normalized spacial score (nSPS) is 23.9. The molecule has 0 spiro atoms. The topological polar surface area (TPSA) is 161 Å². The summed E-state index contributed by atoms with van der Waals surface area (Å²) in [5.41, 5.74) is 5.26. The van der Waals surface area contributed by atoms with Crippen molar-refractivity contribution in [1.82, 2.24) is 26.1 Å². The number of fused-ring (bicyclic) bond motifs is 1. The maximum atomic E-state index is 13.5. The van der Waals surface area contributed by atoms with Gasteiger partial charge in [-0.1, -0.05) is 60.7 Å². The predicted octanol–water partition coefficient (Wildman–Crippen LogP) is 2.93. The lowest BCUT2D eigenvalue weighted by Crippen LogP contribution is -2.58. The molecule has 6 rings (SSSR count). The van der Waals surface area contributed by atoms with Crippen LogP contribution in [0.15, 0.2) is 79.0 Å². The van der Waals surface area contributed by atoms with Gasteiger partial charge in [0.15, 0.2) is 12.3 Å². The van der Waals surface area contributed by atoms with Gasteiger partial charge < -0.3 is 34.7 Å². The number of hydrogen-bond donors (Lipinski definition) is 4. The number of cyclic esters (lactones) is 1. The van der Waals surface area contributed by atoms with Gasteiger partial charge in [0.05, 0.1) is 37.0 Å². The molecular weight excluding hydrogens is 618 g/mol. The van der Waals surface area contributed by atoms with Gasteiger partial charge in [0.25, 0.3) is 5.91 Å². The number of benzene rings is 2. The highest BCUT2D eigenvalue weighted by molar-refractivity contribution is 5.89. The Morgan fingerprint density at radius 3 is 2.54 bits per heavy atom. The number of aromatic nitrogens is 1. The molecule has 4 heterocycles. The number of pyridine rings is 1. The summed E-state index contributed by atoms with van der Waals surface area (Å²) in [6.07, 6.45) is -0.586. The number of amides is 3. The summed E-state index contributed by atoms with van der Waals surface area (Å²) in [4.78, 5) is 43.1. The van der Waals surface area contributed by atoms with E-state index >= 15 is 0 Å². The van der Waals surface area contributed by atoms with Crippen molar-refractivity contribution in [3.8, 4) is 11.3 Å². The fraction of sp³-hybridized carbons (Fsp3) is 0.429. The highest BCUT2D eigenvalue weighted by atomic mass is 16.7. The highest BCUT2D eigenvalue weighted by Crippen LogP contribution is 2.33. The van der Waals surface area contributed by atoms with E-state index in [9.17, 15) is 19.5 Å². The van der Waals surface area contributed by atoms with Crippen molar-refractivity contribution in [2.45, 2.75) is 69.4 Å². The molecule has 2 aromatic carbocycles. The molecule has 6 atom stereocenters. The number of rotatable bonds is 12. The Morgan fingerprint density at radius 1 is 1.06 bits per heavy atom. The average Bonchev–Trinajstić information content (AvgIpc) is 3.77. The van der Waals surface area contributed by atoms with Crippen LogP contribution in [0.1, 0.15) is 31.4 Å². The van der Waals surface area contributed by atoms with Gasteiger partial charge in [-0.25, -0.2) is 14.6 Å². The van der Waals surface area contributed by atoms with Gasteiger partial charge in [-0.05, 0) is 49.9 Å². The lowest BCUT2D eigenvalue weighted by Gasteiger charge is -2.32. The molecule has 3 aliphatic heterocycles. The van der Waals surface area contributed by atoms with Crippen LogP contribution < -0.4 is 16.1 Å². The first-order valence-electron chi connectivity index (χ1n) is 16.1. The summed E-state index contributed by atoms with van der Waals surface area (Å²) in [6, 6.07) is 21.1. The van der Waals surface area contributed by atoms with Crippen molar-refractivity contribution in [3.63, 3.8) is 0 Å². The zero-order chi connectivity index (χ0) is 33.7. The minimum atomic E-state index is -1.16. The van der Waals surface area contributed by atoms with Crippen LogP contribution in [0.25, 0.3) is 11.3 Å². The van der Waals surface area contributed by atoms with Gasteiger partial charge in [0.1, 0.15) is 11.7 Å². The quantitative estimate of drug-likeness (QED) is 0.213. The van der Waals surface area contributed by atoms with Crippen LogP contribution in [0.2, 0.25) is 0 Å². The van der Waals surface area contributed by atoms with E-state index in [2.05, 4.69) is 21.0 Å². The first kappa shape index (κ1) is 33.3. The second kappa shape index (κ2) is 14.7. The molecule has 13 heteroatoms. The SMILES string of the molecule is CC1(C)OC(=O)NC1C(=O)NN(Cc1ccc(-c2ccccn2)cc1)CC(O)C(Cc1ccccc1)NC(=O)OC1COC2OCCC12. The molecule has 0 bridgehead atoms. The summed E-state index contributed by atoms with van der Waals surface area (Å²) >= 11 is 0. The standard InChI is InChI=1S/C35H41N5O8/c1-35(2)30(38-34(44)48-35)31(42)39-40(19-23-11-13-24(14-12-23)26-10-6-7-16-36-26)20-28(41)27(18-22-8-4-3-5-9-22)37-33(43)47-29-21-46-32-25(29)15-17-45-32/h3-14,16,25,27-30,32,41H,15,17-21H2,1-2H3,(H,37,43)(H,38,44)(H,39,42). The minimum absolute atomic E-state index is 0.0349. The molecule has 1 aromatic heterocycles. The Morgan fingerprint density at radius 2 is 1.83 bits per heavy atom. The number of hydrogen-bond acceptors (Lipinski definition) is 10. The van der Waals surface area contributed by atoms with Gasteiger partial charge in [0.2, 0.25) is 0 Å². The molecule has 3 saturated heterocycles. The number of nitrogens with one attached hydrogen (secondary N) is 3. The Kier molecular flexibility index (Phi) is 10.2. The van der Waals surface area contributed by atoms with Crippen molar-refractivity contribution in [3.05, 3.63) is 90.1 Å². The van der Waals surface area contributed by atoms with Gasteiger partial charge in [-0.2, -0.15) is 0 Å². The summed E-state index contributed by atoms with van der Waals surface area (Å²) in [7, 11) is 0. The number of carbonyl (C=O) groups is 3. The van der Waals surface area contributed by atoms with Gasteiger partial charge in [-0.3, -0.25) is 15.2 Å². The molecular formula is C35H41N5O8. The van der Waals surface area contributed by atoms with Gasteiger partial charge in [-0.15, -0.1) is 0 Å². The molecule has 3 aliphatic rings. The summed E-state index contributed by atoms with van der Waals surface area (Å²) < 4.78 is 22.2. The molecule has 254 valence electrons. The maximum Gasteiger partial charge on any atom is 0.408 e. The van der Waals surface area contributed by atoms with E-state index in [1.54, 1.807) is 25.1 Å². The van der Waals surface area contributed by atoms with Crippen LogP contribution in [-0.2, 0) is 36.7 Å². The molecule has 48 heavy (non-hydrogen) atoms. The van der Waals surface area contributed by atoms with Gasteiger partial charge in [0, 0.05) is 24.8 Å². The predicted molar refractivity (Wildman–Crippen MR) is 173 cm³/mol. The molecule has 13 nitrogen and oxygen atoms in total. The van der Waals surface area contributed by atoms with Crippen molar-refractivity contribution in [2.75, 3.05) is 19.8 Å². The van der Waals surface area contributed by atoms with Crippen molar-refractivity contribution in [2.24, 2.45) is 5.92 Å². The van der Waals surface area contributed by atoms with Crippen molar-refractivity contribution >= 4 is 18.1 Å². The van der Waals surface area contributed by atoms with Crippen LogP contribution in [0.3, 0.4) is 0 Å². The van der Waals surface area contributed by atoms with Gasteiger partial charge >= 0.3 is 12.2 Å². The lowest BCUT2D eigenvalue weighted by molar-refractivity contribution is -0.131. The number of alkyl carbamates (subject to hydrolysis) is 2. The summed E-state index contributed by atoms with van der Waals surface area (Å²) in [6.45, 7) is 4.21. The third kappa shape index (κ3) is 8.11. The number of carbonyl (C=O) groups excluding carboxylic acids is 3. The molecule has 4 N–H and O–H groups in total. The van der Waals surface area contributed by atoms with Crippen LogP contribution >= 0.6 is 0 Å². The molecule has 0 saturated carbocycles. The molecule has 3 aromatic rings. The van der Waals surface area contributed by atoms with Crippen LogP contribution in [-0.4, -0.2) is 89.1 Å². The third-order valence-electron chi connectivity index (χ3n) is 8.85. The first-order valence-corrected chi connectivity index (χ1v) is 16.1. The fourth-order valence-electron chi connectivity index (χ4n) is 6.28. The molecule has 0 radical (unpaired) electrons. The van der Waals surface area contributed by atoms with E-state index in [0.717, 1.165) is 28.8 Å². The maximum absolute atomic E-state index is 13.5. The third-order valence-corrected chi connectivity index (χ3v) is 8.85. The number of ether oxygens (including phenoxy) is 4. The number of aliphatic hydroxyl groups is 1. The van der Waals surface area contributed by atoms with E-state index < -0.39 is 48.0 Å². The second-order valence-corrected chi connectivity index (χ2v) is 12.8. The van der Waals surface area contributed by atoms with E-state index in [1.165, 1.54) is 0 Å². The zero-order valence-corrected chi connectivity index (χ0v) is 26.9. The first-order chi connectivity index (χ1) is 23.1. The van der Waals surface area contributed by atoms with E-state index in [1.807, 2.05) is 72.8 Å². The average molecular weight is 660 g/mol. The van der Waals surface area contributed by atoms with Crippen molar-refractivity contribution in [1.29, 1.82) is 0 Å². The zero-order valence-electron chi connectivity index (χ0n) is 26.9. The number of hydrazine groups is 1. The van der Waals surface area contributed by atoms with E-state index in [4.69, 9.17) is 18.9 Å². The Labute approximate surface area is 278 Å². The monoisotopic (exact) mass is 659 g/mol. The minimum Gasteiger partial charge on any atom is -0.443 e. The summed E-state index contributed by atoms with van der Waals surface area (Å²) in [5, 5.41) is 18.7. The number of nitrogens with zero attached hydrogens (tertiary/aromatic N) is 2. The van der Waals surface area contributed by atoms with Crippen molar-refractivity contribution < 1.29 is 38.4 Å². The Hall–Kier alpha value is -4.56. The largest absolute Gasteiger partial charge is 0.443 e. The highest BCUT2D eigenvalue weighted by Gasteiger charge is 2.47. The van der Waals surface area contributed by atoms with Crippen LogP contribution in [0, 0.1) is 5.92 Å². The van der Waals surface area contributed by atoms with Crippen LogP contribution in [0.4, 0.5) is 9.59 Å². The molecule has 3 fully saturated rings. The van der Waals surface area contributed by atoms with E-state index in [-0.39, 0.29) is 31.9 Å². The Bertz CT molecular complexity index is 1560. The second-order valence-electron chi connectivity index (χ2n) is 12.8. The smallest absolute Gasteiger partial charge is 0.408 e. The fourth-order valence-corrected chi connectivity index (χ4v) is 6.28. The number of aliphatic hydroxyl groups excluding tert-OH is 1. The molecule has 3 amide bonds. The van der Waals surface area contributed by atoms with E-state index in [0.29, 0.717) is 13.0 Å². The van der Waals surface area contributed by atoms with Crippen LogP contribution in [0.5, 0.6) is 0 Å². The molecule has 6 unspecified atom stereocenters. The Balaban J connectivity index is 1.19.